The lowest BCUT2D eigenvalue weighted by atomic mass is 10.2. The molecule has 0 unspecified atom stereocenters. The van der Waals surface area contributed by atoms with Crippen LogP contribution in [0.4, 0.5) is 0 Å². The molecule has 5 heteroatoms. The Morgan fingerprint density at radius 1 is 1.35 bits per heavy atom. The molecular weight excluding hydrogens is 224 g/mol. The Hall–Kier alpha value is -1.36. The van der Waals surface area contributed by atoms with Crippen LogP contribution in [-0.2, 0) is 19.1 Å². The van der Waals surface area contributed by atoms with Crippen LogP contribution in [0, 0.1) is 0 Å². The number of hydrogen-bond acceptors (Lipinski definition) is 5. The molecule has 0 aromatic carbocycles. The van der Waals surface area contributed by atoms with Crippen molar-refractivity contribution >= 4 is 11.9 Å². The summed E-state index contributed by atoms with van der Waals surface area (Å²) in [4.78, 5) is 22.3. The summed E-state index contributed by atoms with van der Waals surface area (Å²) in [7, 11) is 0. The second kappa shape index (κ2) is 7.06. The molecule has 0 saturated heterocycles. The van der Waals surface area contributed by atoms with Crippen LogP contribution in [0.1, 0.15) is 34.1 Å². The zero-order valence-electron chi connectivity index (χ0n) is 10.7. The SMILES string of the molecule is CCOC(=O)[C@H](O)C/C=C/C(=O)OC(C)(C)C. The van der Waals surface area contributed by atoms with Gasteiger partial charge in [0, 0.05) is 12.5 Å². The summed E-state index contributed by atoms with van der Waals surface area (Å²) in [6, 6.07) is 0. The van der Waals surface area contributed by atoms with Gasteiger partial charge in [-0.05, 0) is 27.7 Å². The fourth-order valence-corrected chi connectivity index (χ4v) is 0.964. The fraction of sp³-hybridized carbons (Fsp3) is 0.667. The highest BCUT2D eigenvalue weighted by Crippen LogP contribution is 2.07. The van der Waals surface area contributed by atoms with Crippen LogP contribution in [0.3, 0.4) is 0 Å². The third-order valence-electron chi connectivity index (χ3n) is 1.58. The Labute approximate surface area is 101 Å². The van der Waals surface area contributed by atoms with Gasteiger partial charge in [0.05, 0.1) is 6.61 Å². The van der Waals surface area contributed by atoms with Gasteiger partial charge in [-0.1, -0.05) is 6.08 Å². The summed E-state index contributed by atoms with van der Waals surface area (Å²) in [6.45, 7) is 7.14. The third kappa shape index (κ3) is 8.45. The van der Waals surface area contributed by atoms with Gasteiger partial charge < -0.3 is 14.6 Å². The van der Waals surface area contributed by atoms with E-state index in [4.69, 9.17) is 4.74 Å². The Morgan fingerprint density at radius 2 is 1.94 bits per heavy atom. The summed E-state index contributed by atoms with van der Waals surface area (Å²) < 4.78 is 9.61. The smallest absolute Gasteiger partial charge is 0.335 e. The standard InChI is InChI=1S/C12H20O5/c1-5-16-11(15)9(13)7-6-8-10(14)17-12(2,3)4/h6,8-9,13H,5,7H2,1-4H3/b8-6+/t9-/m1/s1. The van der Waals surface area contributed by atoms with Crippen LogP contribution >= 0.6 is 0 Å². The first-order valence-electron chi connectivity index (χ1n) is 5.50. The van der Waals surface area contributed by atoms with Gasteiger partial charge in [-0.15, -0.1) is 0 Å². The molecule has 0 bridgehead atoms. The molecule has 0 spiro atoms. The number of esters is 2. The fourth-order valence-electron chi connectivity index (χ4n) is 0.964. The van der Waals surface area contributed by atoms with Gasteiger partial charge in [0.1, 0.15) is 5.60 Å². The van der Waals surface area contributed by atoms with E-state index in [1.54, 1.807) is 27.7 Å². The average Bonchev–Trinajstić information content (AvgIpc) is 2.14. The van der Waals surface area contributed by atoms with Gasteiger partial charge in [0.25, 0.3) is 0 Å². The van der Waals surface area contributed by atoms with E-state index in [-0.39, 0.29) is 13.0 Å². The molecule has 0 fully saturated rings. The molecule has 0 aromatic rings. The predicted molar refractivity (Wildman–Crippen MR) is 62.2 cm³/mol. The number of ether oxygens (including phenoxy) is 2. The normalized spacial score (nSPS) is 13.5. The van der Waals surface area contributed by atoms with Crippen LogP contribution in [0.15, 0.2) is 12.2 Å². The first-order valence-corrected chi connectivity index (χ1v) is 5.50. The number of rotatable bonds is 5. The van der Waals surface area contributed by atoms with Crippen LogP contribution in [-0.4, -0.2) is 35.4 Å². The van der Waals surface area contributed by atoms with E-state index in [0.717, 1.165) is 0 Å². The van der Waals surface area contributed by atoms with Gasteiger partial charge in [-0.3, -0.25) is 0 Å². The number of aliphatic hydroxyl groups excluding tert-OH is 1. The van der Waals surface area contributed by atoms with Crippen LogP contribution in [0.25, 0.3) is 0 Å². The van der Waals surface area contributed by atoms with Crippen molar-refractivity contribution in [3.8, 4) is 0 Å². The van der Waals surface area contributed by atoms with Gasteiger partial charge in [-0.2, -0.15) is 0 Å². The molecule has 98 valence electrons. The van der Waals surface area contributed by atoms with Crippen molar-refractivity contribution < 1.29 is 24.2 Å². The average molecular weight is 244 g/mol. The highest BCUT2D eigenvalue weighted by Gasteiger charge is 2.16. The molecule has 0 amide bonds. The molecule has 5 nitrogen and oxygen atoms in total. The van der Waals surface area contributed by atoms with Crippen molar-refractivity contribution in [2.75, 3.05) is 6.61 Å². The van der Waals surface area contributed by atoms with E-state index < -0.39 is 23.6 Å². The van der Waals surface area contributed by atoms with Gasteiger partial charge >= 0.3 is 11.9 Å². The highest BCUT2D eigenvalue weighted by molar-refractivity contribution is 5.82. The van der Waals surface area contributed by atoms with Gasteiger partial charge in [0.2, 0.25) is 0 Å². The van der Waals surface area contributed by atoms with E-state index in [9.17, 15) is 14.7 Å². The Balaban J connectivity index is 4.02. The topological polar surface area (TPSA) is 72.8 Å². The molecule has 0 aliphatic carbocycles. The minimum atomic E-state index is -1.24. The first-order chi connectivity index (χ1) is 7.76. The predicted octanol–water partition coefficient (Wildman–Crippen LogP) is 1.20. The maximum atomic E-state index is 11.2. The van der Waals surface area contributed by atoms with Gasteiger partial charge in [0.15, 0.2) is 6.10 Å². The van der Waals surface area contributed by atoms with E-state index in [1.165, 1.54) is 12.2 Å². The minimum absolute atomic E-state index is 0.0259. The lowest BCUT2D eigenvalue weighted by molar-refractivity contribution is -0.153. The molecule has 0 aliphatic heterocycles. The molecule has 0 radical (unpaired) electrons. The molecule has 0 rings (SSSR count). The summed E-state index contributed by atoms with van der Waals surface area (Å²) in [5.41, 5.74) is -0.554. The van der Waals surface area contributed by atoms with E-state index in [0.29, 0.717) is 0 Å². The van der Waals surface area contributed by atoms with Crippen molar-refractivity contribution in [2.45, 2.75) is 45.8 Å². The van der Waals surface area contributed by atoms with Crippen LogP contribution < -0.4 is 0 Å². The number of carbonyl (C=O) groups is 2. The molecule has 0 heterocycles. The maximum Gasteiger partial charge on any atom is 0.335 e. The largest absolute Gasteiger partial charge is 0.464 e. The van der Waals surface area contributed by atoms with Crippen molar-refractivity contribution in [3.63, 3.8) is 0 Å². The molecule has 1 N–H and O–H groups in total. The Morgan fingerprint density at radius 3 is 2.41 bits per heavy atom. The lowest BCUT2D eigenvalue weighted by Crippen LogP contribution is -2.23. The van der Waals surface area contributed by atoms with Crippen molar-refractivity contribution in [1.82, 2.24) is 0 Å². The number of hydrogen-bond donors (Lipinski definition) is 1. The van der Waals surface area contributed by atoms with E-state index >= 15 is 0 Å². The number of carbonyl (C=O) groups excluding carboxylic acids is 2. The van der Waals surface area contributed by atoms with E-state index in [1.807, 2.05) is 0 Å². The minimum Gasteiger partial charge on any atom is -0.464 e. The number of aliphatic hydroxyl groups is 1. The lowest BCUT2D eigenvalue weighted by Gasteiger charge is -2.17. The van der Waals surface area contributed by atoms with E-state index in [2.05, 4.69) is 4.74 Å². The zero-order chi connectivity index (χ0) is 13.5. The Bertz CT molecular complexity index is 288. The second-order valence-corrected chi connectivity index (χ2v) is 4.44. The third-order valence-corrected chi connectivity index (χ3v) is 1.58. The summed E-state index contributed by atoms with van der Waals surface area (Å²) in [6.07, 6.45) is 1.36. The maximum absolute atomic E-state index is 11.2. The van der Waals surface area contributed by atoms with Gasteiger partial charge in [-0.25, -0.2) is 9.59 Å². The summed E-state index contributed by atoms with van der Waals surface area (Å²) in [5, 5.41) is 9.32. The molecule has 0 aromatic heterocycles. The first kappa shape index (κ1) is 15.6. The summed E-state index contributed by atoms with van der Waals surface area (Å²) in [5.74, 6) is -1.20. The molecule has 17 heavy (non-hydrogen) atoms. The zero-order valence-corrected chi connectivity index (χ0v) is 10.7. The molecular formula is C12H20O5. The second-order valence-electron chi connectivity index (χ2n) is 4.44. The van der Waals surface area contributed by atoms with Crippen molar-refractivity contribution in [3.05, 3.63) is 12.2 Å². The molecule has 1 atom stereocenters. The van der Waals surface area contributed by atoms with Crippen LogP contribution in [0.5, 0.6) is 0 Å². The monoisotopic (exact) mass is 244 g/mol. The highest BCUT2D eigenvalue weighted by atomic mass is 16.6. The molecule has 0 aliphatic rings. The summed E-state index contributed by atoms with van der Waals surface area (Å²) >= 11 is 0. The van der Waals surface area contributed by atoms with Crippen LogP contribution in [0.2, 0.25) is 0 Å². The molecule has 0 saturated carbocycles. The quantitative estimate of drug-likeness (QED) is 0.581. The van der Waals surface area contributed by atoms with Crippen molar-refractivity contribution in [2.24, 2.45) is 0 Å². The Kier molecular flexibility index (Phi) is 6.50. The van der Waals surface area contributed by atoms with Crippen molar-refractivity contribution in [1.29, 1.82) is 0 Å².